The monoisotopic (exact) mass is 389 g/mol. The molecule has 1 aliphatic heterocycles. The molecular formula is C10H16CaN5O7P. The van der Waals surface area contributed by atoms with Crippen LogP contribution in [-0.2, 0) is 13.8 Å². The van der Waals surface area contributed by atoms with Gasteiger partial charge in [0, 0.05) is 0 Å². The second-order valence-corrected chi connectivity index (χ2v) is 6.15. The maximum atomic E-state index is 10.7. The van der Waals surface area contributed by atoms with E-state index in [2.05, 4.69) is 19.5 Å². The molecule has 1 fully saturated rings. The van der Waals surface area contributed by atoms with Crippen molar-refractivity contribution in [3.8, 4) is 0 Å². The quantitative estimate of drug-likeness (QED) is 0.269. The molecule has 6 N–H and O–H groups in total. The number of anilines is 1. The summed E-state index contributed by atoms with van der Waals surface area (Å²) in [4.78, 5) is 29.2. The average molecular weight is 389 g/mol. The van der Waals surface area contributed by atoms with Crippen LogP contribution in [0.4, 0.5) is 5.82 Å². The number of nitrogens with two attached hydrogens (primary N) is 1. The van der Waals surface area contributed by atoms with E-state index < -0.39 is 39.0 Å². The second-order valence-electron chi connectivity index (χ2n) is 4.92. The summed E-state index contributed by atoms with van der Waals surface area (Å²) in [7, 11) is -4.72. The third-order valence-corrected chi connectivity index (χ3v) is 3.89. The van der Waals surface area contributed by atoms with Gasteiger partial charge >= 0.3 is 45.6 Å². The Kier molecular flexibility index (Phi) is 6.19. The molecule has 0 aliphatic carbocycles. The van der Waals surface area contributed by atoms with Gasteiger partial charge in [0.15, 0.2) is 17.7 Å². The molecule has 0 spiro atoms. The average Bonchev–Trinajstić information content (AvgIpc) is 3.01. The standard InChI is InChI=1S/C10H14N5O7P.Ca.2H/c11-8-5-9(13-2-12-8)15(3-14-5)10-7(17)6(16)4(22-10)1-21-23(18,19)20;;;/h2-4,6-7,10,16-17H,1H2,(H2,11,12,13)(H2,18,19,20);;;/t4-,6-,7-,10-;;;/m1.../s1. The molecule has 130 valence electrons. The van der Waals surface area contributed by atoms with Crippen LogP contribution in [0.5, 0.6) is 0 Å². The molecule has 0 saturated carbocycles. The van der Waals surface area contributed by atoms with Gasteiger partial charge in [-0.05, 0) is 0 Å². The number of rotatable bonds is 4. The number of aliphatic hydroxyl groups is 2. The van der Waals surface area contributed by atoms with Crippen LogP contribution in [0.15, 0.2) is 12.7 Å². The van der Waals surface area contributed by atoms with Crippen LogP contribution in [-0.4, -0.2) is 102 Å². The minimum atomic E-state index is -4.72. The van der Waals surface area contributed by atoms with Crippen molar-refractivity contribution in [3.05, 3.63) is 12.7 Å². The predicted molar refractivity (Wildman–Crippen MR) is 82.2 cm³/mol. The van der Waals surface area contributed by atoms with E-state index in [4.69, 9.17) is 20.3 Å². The molecule has 12 nitrogen and oxygen atoms in total. The summed E-state index contributed by atoms with van der Waals surface area (Å²) < 4.78 is 21.8. The molecule has 24 heavy (non-hydrogen) atoms. The first kappa shape index (κ1) is 19.9. The van der Waals surface area contributed by atoms with Crippen molar-refractivity contribution in [3.63, 3.8) is 0 Å². The van der Waals surface area contributed by atoms with Crippen LogP contribution in [0.25, 0.3) is 11.2 Å². The Balaban J connectivity index is 0.00000208. The van der Waals surface area contributed by atoms with E-state index in [0.29, 0.717) is 5.52 Å². The van der Waals surface area contributed by atoms with Gasteiger partial charge in [-0.2, -0.15) is 0 Å². The fourth-order valence-corrected chi connectivity index (χ4v) is 2.66. The van der Waals surface area contributed by atoms with E-state index >= 15 is 0 Å². The number of hydrogen-bond acceptors (Lipinski definition) is 9. The maximum absolute atomic E-state index is 10.7. The molecular weight excluding hydrogens is 373 g/mol. The van der Waals surface area contributed by atoms with Gasteiger partial charge in [0.2, 0.25) is 0 Å². The number of hydrogen-bond donors (Lipinski definition) is 5. The van der Waals surface area contributed by atoms with E-state index in [-0.39, 0.29) is 49.2 Å². The molecule has 14 heteroatoms. The molecule has 3 rings (SSSR count). The summed E-state index contributed by atoms with van der Waals surface area (Å²) >= 11 is 0. The molecule has 2 aromatic rings. The first-order valence-corrected chi connectivity index (χ1v) is 7.95. The molecule has 0 radical (unpaired) electrons. The van der Waals surface area contributed by atoms with Crippen molar-refractivity contribution in [1.29, 1.82) is 0 Å². The predicted octanol–water partition coefficient (Wildman–Crippen LogP) is -2.78. The SMILES string of the molecule is Nc1ncnc2c1ncn2[C@@H]1O[C@H](COP(=O)(O)O)[C@@H](O)[C@H]1O.[CaH2]. The zero-order valence-corrected chi connectivity index (χ0v) is 12.4. The van der Waals surface area contributed by atoms with Crippen LogP contribution in [0, 0.1) is 0 Å². The molecule has 2 aromatic heterocycles. The van der Waals surface area contributed by atoms with Gasteiger partial charge in [-0.3, -0.25) is 9.09 Å². The van der Waals surface area contributed by atoms with Gasteiger partial charge in [-0.1, -0.05) is 0 Å². The topological polar surface area (TPSA) is 186 Å². The van der Waals surface area contributed by atoms with Crippen LogP contribution in [0.3, 0.4) is 0 Å². The van der Waals surface area contributed by atoms with Gasteiger partial charge < -0.3 is 30.5 Å². The van der Waals surface area contributed by atoms with Crippen molar-refractivity contribution in [1.82, 2.24) is 19.5 Å². The molecule has 0 aromatic carbocycles. The van der Waals surface area contributed by atoms with Crippen LogP contribution < -0.4 is 5.73 Å². The van der Waals surface area contributed by atoms with E-state index in [1.807, 2.05) is 0 Å². The third-order valence-electron chi connectivity index (χ3n) is 3.41. The number of aliphatic hydroxyl groups excluding tert-OH is 2. The Morgan fingerprint density at radius 3 is 2.67 bits per heavy atom. The van der Waals surface area contributed by atoms with Crippen molar-refractivity contribution in [2.24, 2.45) is 0 Å². The molecule has 3 heterocycles. The van der Waals surface area contributed by atoms with Crippen LogP contribution in [0.1, 0.15) is 6.23 Å². The van der Waals surface area contributed by atoms with Crippen molar-refractivity contribution in [2.45, 2.75) is 24.5 Å². The molecule has 1 aliphatic rings. The van der Waals surface area contributed by atoms with Crippen molar-refractivity contribution < 1.29 is 33.8 Å². The van der Waals surface area contributed by atoms with Gasteiger partial charge in [-0.25, -0.2) is 19.5 Å². The summed E-state index contributed by atoms with van der Waals surface area (Å²) in [6.45, 7) is -0.594. The van der Waals surface area contributed by atoms with E-state index in [9.17, 15) is 14.8 Å². The number of aromatic nitrogens is 4. The fourth-order valence-electron chi connectivity index (χ4n) is 2.32. The first-order valence-electron chi connectivity index (χ1n) is 6.42. The van der Waals surface area contributed by atoms with Gasteiger partial charge in [0.1, 0.15) is 30.2 Å². The van der Waals surface area contributed by atoms with Crippen LogP contribution in [0.2, 0.25) is 0 Å². The second kappa shape index (κ2) is 7.46. The zero-order valence-electron chi connectivity index (χ0n) is 11.5. The molecule has 4 atom stereocenters. The number of nitrogen functional groups attached to an aromatic ring is 1. The van der Waals surface area contributed by atoms with Crippen molar-refractivity contribution >= 4 is 62.5 Å². The van der Waals surface area contributed by atoms with E-state index in [1.54, 1.807) is 0 Å². The summed E-state index contributed by atoms with van der Waals surface area (Å²) in [6, 6.07) is 0. The van der Waals surface area contributed by atoms with Gasteiger partial charge in [0.05, 0.1) is 12.9 Å². The summed E-state index contributed by atoms with van der Waals surface area (Å²) in [6.07, 6.45) is -2.49. The van der Waals surface area contributed by atoms with Gasteiger partial charge in [-0.15, -0.1) is 0 Å². The molecule has 1 saturated heterocycles. The summed E-state index contributed by atoms with van der Waals surface area (Å²) in [5, 5.41) is 20.1. The van der Waals surface area contributed by atoms with Gasteiger partial charge in [0.25, 0.3) is 0 Å². The fraction of sp³-hybridized carbons (Fsp3) is 0.500. The number of imidazole rings is 1. The Morgan fingerprint density at radius 2 is 2.00 bits per heavy atom. The molecule has 0 amide bonds. The molecule has 0 unspecified atom stereocenters. The Bertz CT molecular complexity index is 769. The Hall–Kier alpha value is -0.400. The zero-order chi connectivity index (χ0) is 16.8. The third kappa shape index (κ3) is 3.88. The summed E-state index contributed by atoms with van der Waals surface area (Å²) in [5.74, 6) is 0.142. The first-order chi connectivity index (χ1) is 10.8. The number of ether oxygens (including phenoxy) is 1. The number of nitrogens with zero attached hydrogens (tertiary/aromatic N) is 4. The Morgan fingerprint density at radius 1 is 1.29 bits per heavy atom. The minimum absolute atomic E-state index is 0. The van der Waals surface area contributed by atoms with E-state index in [0.717, 1.165) is 0 Å². The molecule has 0 bridgehead atoms. The number of fused-ring (bicyclic) bond motifs is 1. The summed E-state index contributed by atoms with van der Waals surface area (Å²) in [5.41, 5.74) is 6.25. The normalized spacial score (nSPS) is 27.3. The Labute approximate surface area is 164 Å². The van der Waals surface area contributed by atoms with Crippen LogP contribution >= 0.6 is 7.82 Å². The number of phosphoric acid groups is 1. The number of phosphoric ester groups is 1. The van der Waals surface area contributed by atoms with E-state index in [1.165, 1.54) is 17.2 Å². The van der Waals surface area contributed by atoms with Crippen molar-refractivity contribution in [2.75, 3.05) is 12.3 Å².